The topological polar surface area (TPSA) is 58.2 Å². The summed E-state index contributed by atoms with van der Waals surface area (Å²) in [5.41, 5.74) is 5.57. The number of halogens is 1. The molecule has 0 aromatic heterocycles. The van der Waals surface area contributed by atoms with Crippen LogP contribution in [0.25, 0.3) is 0 Å². The van der Waals surface area contributed by atoms with E-state index in [0.29, 0.717) is 11.5 Å². The van der Waals surface area contributed by atoms with E-state index >= 15 is 0 Å². The van der Waals surface area contributed by atoms with E-state index in [1.165, 1.54) is 24.3 Å². The molecule has 1 aromatic rings. The molecule has 2 atom stereocenters. The van der Waals surface area contributed by atoms with Crippen molar-refractivity contribution >= 4 is 11.8 Å². The average molecular weight is 316 g/mol. The van der Waals surface area contributed by atoms with Crippen LogP contribution < -0.4 is 10.9 Å². The minimum absolute atomic E-state index is 0.0451. The van der Waals surface area contributed by atoms with Crippen LogP contribution in [0, 0.1) is 22.6 Å². The Bertz CT molecular complexity index is 681. The smallest absolute Gasteiger partial charge is 0.269 e. The van der Waals surface area contributed by atoms with E-state index in [1.807, 2.05) is 0 Å². The highest BCUT2D eigenvalue weighted by Crippen LogP contribution is 2.65. The number of hydrogen-bond donors (Lipinski definition) is 2. The quantitative estimate of drug-likeness (QED) is 0.651. The number of hydrazine groups is 1. The van der Waals surface area contributed by atoms with Crippen LogP contribution in [0.3, 0.4) is 0 Å². The fraction of sp³-hybridized carbons (Fsp3) is 0.444. The van der Waals surface area contributed by atoms with Gasteiger partial charge in [0.05, 0.1) is 5.41 Å². The van der Waals surface area contributed by atoms with Crippen molar-refractivity contribution < 1.29 is 14.0 Å². The maximum Gasteiger partial charge on any atom is 0.269 e. The van der Waals surface area contributed by atoms with Gasteiger partial charge in [0, 0.05) is 5.56 Å². The van der Waals surface area contributed by atoms with Crippen LogP contribution in [0.1, 0.15) is 43.5 Å². The standard InChI is InChI=1S/C18H21FN2O2/c1-11-17(2,3)13-8-9-18(11,10-13)16(23)21-20-15(22)12-4-6-14(19)7-5-12/h4-7,13H,1,8-10H2,2-3H3,(H,20,22)(H,21,23). The minimum atomic E-state index is -0.579. The van der Waals surface area contributed by atoms with Gasteiger partial charge in [-0.3, -0.25) is 20.4 Å². The third-order valence-corrected chi connectivity index (χ3v) is 5.72. The summed E-state index contributed by atoms with van der Waals surface area (Å²) in [7, 11) is 0. The van der Waals surface area contributed by atoms with Crippen molar-refractivity contribution in [2.24, 2.45) is 16.7 Å². The summed E-state index contributed by atoms with van der Waals surface area (Å²) >= 11 is 0. The predicted octanol–water partition coefficient (Wildman–Crippen LogP) is 2.97. The molecule has 2 aliphatic carbocycles. The molecule has 2 N–H and O–H groups in total. The van der Waals surface area contributed by atoms with Gasteiger partial charge in [0.2, 0.25) is 5.91 Å². The first-order chi connectivity index (χ1) is 10.8. The molecule has 2 fully saturated rings. The fourth-order valence-electron chi connectivity index (χ4n) is 4.05. The summed E-state index contributed by atoms with van der Waals surface area (Å²) in [6.07, 6.45) is 2.57. The third-order valence-electron chi connectivity index (χ3n) is 5.72. The summed E-state index contributed by atoms with van der Waals surface area (Å²) < 4.78 is 12.9. The van der Waals surface area contributed by atoms with Crippen LogP contribution in [-0.4, -0.2) is 11.8 Å². The molecule has 23 heavy (non-hydrogen) atoms. The molecule has 0 saturated heterocycles. The second kappa shape index (κ2) is 5.18. The van der Waals surface area contributed by atoms with E-state index < -0.39 is 17.1 Å². The Hall–Kier alpha value is -2.17. The van der Waals surface area contributed by atoms with Crippen molar-refractivity contribution in [1.82, 2.24) is 10.9 Å². The molecule has 2 aliphatic rings. The Balaban J connectivity index is 1.67. The number of carbonyl (C=O) groups is 2. The van der Waals surface area contributed by atoms with Crippen LogP contribution in [0.2, 0.25) is 0 Å². The Morgan fingerprint density at radius 1 is 1.22 bits per heavy atom. The zero-order valence-corrected chi connectivity index (χ0v) is 13.4. The molecule has 4 nitrogen and oxygen atoms in total. The highest BCUT2D eigenvalue weighted by molar-refractivity contribution is 5.96. The van der Waals surface area contributed by atoms with E-state index in [2.05, 4.69) is 31.3 Å². The van der Waals surface area contributed by atoms with E-state index in [0.717, 1.165) is 24.8 Å². The number of benzene rings is 1. The highest BCUT2D eigenvalue weighted by Gasteiger charge is 2.60. The SMILES string of the molecule is C=C1C2(C(=O)NNC(=O)c3ccc(F)cc3)CCC(C2)C1(C)C. The summed E-state index contributed by atoms with van der Waals surface area (Å²) in [4.78, 5) is 24.7. The lowest BCUT2D eigenvalue weighted by molar-refractivity contribution is -0.129. The van der Waals surface area contributed by atoms with Crippen LogP contribution >= 0.6 is 0 Å². The lowest BCUT2D eigenvalue weighted by Crippen LogP contribution is -2.49. The van der Waals surface area contributed by atoms with E-state index in [1.54, 1.807) is 0 Å². The molecular formula is C18H21FN2O2. The van der Waals surface area contributed by atoms with Crippen LogP contribution in [0.15, 0.2) is 36.4 Å². The molecule has 0 aliphatic heterocycles. The van der Waals surface area contributed by atoms with Gasteiger partial charge in [-0.1, -0.05) is 26.0 Å². The van der Waals surface area contributed by atoms with Gasteiger partial charge in [-0.25, -0.2) is 4.39 Å². The molecule has 3 rings (SSSR count). The number of nitrogens with one attached hydrogen (secondary N) is 2. The van der Waals surface area contributed by atoms with E-state index in [4.69, 9.17) is 0 Å². The predicted molar refractivity (Wildman–Crippen MR) is 84.7 cm³/mol. The van der Waals surface area contributed by atoms with Crippen LogP contribution in [-0.2, 0) is 4.79 Å². The monoisotopic (exact) mass is 316 g/mol. The van der Waals surface area contributed by atoms with Gasteiger partial charge in [0.1, 0.15) is 5.82 Å². The Labute approximate surface area is 135 Å². The first-order valence-electron chi connectivity index (χ1n) is 7.83. The largest absolute Gasteiger partial charge is 0.272 e. The zero-order chi connectivity index (χ0) is 16.8. The molecule has 0 spiro atoms. The van der Waals surface area contributed by atoms with Crippen molar-refractivity contribution in [2.45, 2.75) is 33.1 Å². The van der Waals surface area contributed by atoms with Crippen molar-refractivity contribution in [3.63, 3.8) is 0 Å². The molecule has 2 bridgehead atoms. The van der Waals surface area contributed by atoms with Gasteiger partial charge in [0.25, 0.3) is 5.91 Å². The summed E-state index contributed by atoms with van der Waals surface area (Å²) in [5.74, 6) is -0.613. The van der Waals surface area contributed by atoms with Gasteiger partial charge < -0.3 is 0 Å². The Morgan fingerprint density at radius 2 is 1.87 bits per heavy atom. The number of carbonyl (C=O) groups excluding carboxylic acids is 2. The normalized spacial score (nSPS) is 27.8. The van der Waals surface area contributed by atoms with Crippen molar-refractivity contribution in [3.05, 3.63) is 47.8 Å². The van der Waals surface area contributed by atoms with Crippen LogP contribution in [0.4, 0.5) is 4.39 Å². The number of rotatable bonds is 2. The van der Waals surface area contributed by atoms with Crippen molar-refractivity contribution in [3.8, 4) is 0 Å². The second-order valence-electron chi connectivity index (χ2n) is 7.14. The summed E-state index contributed by atoms with van der Waals surface area (Å²) in [6, 6.07) is 5.16. The Morgan fingerprint density at radius 3 is 2.43 bits per heavy atom. The van der Waals surface area contributed by atoms with Crippen LogP contribution in [0.5, 0.6) is 0 Å². The lowest BCUT2D eigenvalue weighted by atomic mass is 9.68. The second-order valence-corrected chi connectivity index (χ2v) is 7.14. The molecule has 1 aromatic carbocycles. The molecule has 2 saturated carbocycles. The molecule has 2 amide bonds. The highest BCUT2D eigenvalue weighted by atomic mass is 19.1. The molecule has 5 heteroatoms. The first kappa shape index (κ1) is 15.7. The maximum atomic E-state index is 12.9. The molecule has 0 radical (unpaired) electrons. The molecular weight excluding hydrogens is 295 g/mol. The van der Waals surface area contributed by atoms with E-state index in [-0.39, 0.29) is 11.3 Å². The third kappa shape index (κ3) is 2.35. The average Bonchev–Trinajstić information content (AvgIpc) is 3.05. The number of hydrogen-bond acceptors (Lipinski definition) is 2. The maximum absolute atomic E-state index is 12.9. The summed E-state index contributed by atoms with van der Waals surface area (Å²) in [5, 5.41) is 0. The van der Waals surface area contributed by atoms with Gasteiger partial charge in [-0.05, 0) is 54.9 Å². The molecule has 0 heterocycles. The molecule has 2 unspecified atom stereocenters. The number of amides is 2. The lowest BCUT2D eigenvalue weighted by Gasteiger charge is -2.37. The zero-order valence-electron chi connectivity index (χ0n) is 13.4. The van der Waals surface area contributed by atoms with Crippen molar-refractivity contribution in [2.75, 3.05) is 0 Å². The van der Waals surface area contributed by atoms with Crippen molar-refractivity contribution in [1.29, 1.82) is 0 Å². The van der Waals surface area contributed by atoms with E-state index in [9.17, 15) is 14.0 Å². The minimum Gasteiger partial charge on any atom is -0.272 e. The first-order valence-corrected chi connectivity index (χ1v) is 7.83. The summed E-state index contributed by atoms with van der Waals surface area (Å²) in [6.45, 7) is 8.42. The fourth-order valence-corrected chi connectivity index (χ4v) is 4.05. The van der Waals surface area contributed by atoms with Gasteiger partial charge >= 0.3 is 0 Å². The Kier molecular flexibility index (Phi) is 3.54. The number of fused-ring (bicyclic) bond motifs is 2. The van der Waals surface area contributed by atoms with Gasteiger partial charge in [0.15, 0.2) is 0 Å². The van der Waals surface area contributed by atoms with Gasteiger partial charge in [-0.2, -0.15) is 0 Å². The molecule has 122 valence electrons. The van der Waals surface area contributed by atoms with Gasteiger partial charge in [-0.15, -0.1) is 0 Å².